The maximum Gasteiger partial charge on any atom is 0.340 e. The predicted molar refractivity (Wildman–Crippen MR) is 67.1 cm³/mol. The van der Waals surface area contributed by atoms with Crippen LogP contribution in [0, 0.1) is 11.3 Å². The van der Waals surface area contributed by atoms with Crippen LogP contribution < -0.4 is 5.32 Å². The molecule has 0 aromatic carbocycles. The van der Waals surface area contributed by atoms with Gasteiger partial charge in [-0.25, -0.2) is 9.59 Å². The summed E-state index contributed by atoms with van der Waals surface area (Å²) >= 11 is 0. The Hall–Kier alpha value is -1.59. The summed E-state index contributed by atoms with van der Waals surface area (Å²) in [5, 5.41) is 2.42. The number of carbonyl (C=O) groups is 3. The average Bonchev–Trinajstić information content (AvgIpc) is 2.95. The highest BCUT2D eigenvalue weighted by atomic mass is 16.6. The molecule has 0 bridgehead atoms. The van der Waals surface area contributed by atoms with Gasteiger partial charge in [0.15, 0.2) is 0 Å². The predicted octanol–water partition coefficient (Wildman–Crippen LogP) is 0.643. The number of amides is 1. The second-order valence-electron chi connectivity index (χ2n) is 5.19. The van der Waals surface area contributed by atoms with Crippen LogP contribution in [0.3, 0.4) is 0 Å². The Morgan fingerprint density at radius 3 is 1.89 bits per heavy atom. The molecule has 0 aromatic rings. The second kappa shape index (κ2) is 6.04. The summed E-state index contributed by atoms with van der Waals surface area (Å²) in [6, 6.07) is -1.37. The van der Waals surface area contributed by atoms with Crippen LogP contribution in [0.25, 0.3) is 0 Å². The molecule has 1 aliphatic carbocycles. The molecule has 0 spiro atoms. The summed E-state index contributed by atoms with van der Waals surface area (Å²) in [4.78, 5) is 35.2. The first-order chi connectivity index (χ1) is 8.83. The maximum atomic E-state index is 11.9. The molecule has 1 atom stereocenters. The van der Waals surface area contributed by atoms with Crippen molar-refractivity contribution in [1.82, 2.24) is 5.32 Å². The van der Waals surface area contributed by atoms with E-state index in [1.165, 1.54) is 0 Å². The summed E-state index contributed by atoms with van der Waals surface area (Å²) in [6.07, 6.45) is 0.747. The third-order valence-corrected chi connectivity index (χ3v) is 3.16. The van der Waals surface area contributed by atoms with Gasteiger partial charge in [-0.05, 0) is 25.7 Å². The first-order valence-corrected chi connectivity index (χ1v) is 6.47. The Morgan fingerprint density at radius 1 is 1.16 bits per heavy atom. The average molecular weight is 271 g/mol. The molecule has 0 aromatic heterocycles. The summed E-state index contributed by atoms with van der Waals surface area (Å²) in [6.45, 7) is 7.46. The fourth-order valence-electron chi connectivity index (χ4n) is 1.82. The molecule has 1 aliphatic rings. The van der Waals surface area contributed by atoms with E-state index in [2.05, 4.69) is 5.32 Å². The van der Waals surface area contributed by atoms with E-state index in [0.717, 1.165) is 6.42 Å². The van der Waals surface area contributed by atoms with Gasteiger partial charge in [0.1, 0.15) is 0 Å². The summed E-state index contributed by atoms with van der Waals surface area (Å²) in [5.41, 5.74) is -0.0715. The highest BCUT2D eigenvalue weighted by Crippen LogP contribution is 2.51. The maximum absolute atomic E-state index is 11.9. The van der Waals surface area contributed by atoms with Gasteiger partial charge in [0.25, 0.3) is 0 Å². The molecule has 0 saturated heterocycles. The van der Waals surface area contributed by atoms with Gasteiger partial charge in [-0.15, -0.1) is 0 Å². The lowest BCUT2D eigenvalue weighted by molar-refractivity contribution is -0.159. The zero-order chi connectivity index (χ0) is 14.6. The van der Waals surface area contributed by atoms with Gasteiger partial charge in [-0.2, -0.15) is 0 Å². The van der Waals surface area contributed by atoms with Crippen LogP contribution >= 0.6 is 0 Å². The molecule has 1 rings (SSSR count). The van der Waals surface area contributed by atoms with Crippen LogP contribution in [0.5, 0.6) is 0 Å². The molecule has 0 heterocycles. The molecule has 1 fully saturated rings. The fraction of sp³-hybridized carbons (Fsp3) is 0.769. The molecular formula is C13H21NO5. The molecule has 6 heteroatoms. The van der Waals surface area contributed by atoms with E-state index in [4.69, 9.17) is 9.47 Å². The van der Waals surface area contributed by atoms with E-state index >= 15 is 0 Å². The van der Waals surface area contributed by atoms with E-state index in [1.54, 1.807) is 13.8 Å². The highest BCUT2D eigenvalue weighted by Gasteiger charge is 2.51. The number of carbonyl (C=O) groups excluding carboxylic acids is 3. The Balaban J connectivity index is 2.66. The lowest BCUT2D eigenvalue weighted by Crippen LogP contribution is -2.49. The van der Waals surface area contributed by atoms with Gasteiger partial charge in [0.2, 0.25) is 11.9 Å². The first-order valence-electron chi connectivity index (χ1n) is 6.47. The molecule has 0 radical (unpaired) electrons. The van der Waals surface area contributed by atoms with Crippen molar-refractivity contribution in [2.24, 2.45) is 11.3 Å². The van der Waals surface area contributed by atoms with Gasteiger partial charge < -0.3 is 14.8 Å². The third-order valence-electron chi connectivity index (χ3n) is 3.16. The highest BCUT2D eigenvalue weighted by molar-refractivity contribution is 6.03. The molecule has 1 unspecified atom stereocenters. The van der Waals surface area contributed by atoms with Crippen LogP contribution in [-0.2, 0) is 23.9 Å². The molecule has 1 N–H and O–H groups in total. The number of hydrogen-bond acceptors (Lipinski definition) is 5. The molecular weight excluding hydrogens is 250 g/mol. The van der Waals surface area contributed by atoms with Crippen molar-refractivity contribution in [2.75, 3.05) is 13.2 Å². The molecule has 0 aliphatic heterocycles. The van der Waals surface area contributed by atoms with E-state index in [9.17, 15) is 14.4 Å². The van der Waals surface area contributed by atoms with Crippen LogP contribution in [0.2, 0.25) is 0 Å². The van der Waals surface area contributed by atoms with E-state index in [0.29, 0.717) is 0 Å². The topological polar surface area (TPSA) is 81.7 Å². The number of rotatable bonds is 6. The minimum absolute atomic E-state index is 0.0715. The smallest absolute Gasteiger partial charge is 0.340 e. The van der Waals surface area contributed by atoms with Crippen molar-refractivity contribution in [3.05, 3.63) is 0 Å². The quantitative estimate of drug-likeness (QED) is 0.566. The molecule has 1 saturated carbocycles. The molecule has 19 heavy (non-hydrogen) atoms. The lowest BCUT2D eigenvalue weighted by Gasteiger charge is -2.16. The van der Waals surface area contributed by atoms with Gasteiger partial charge in [0, 0.05) is 5.92 Å². The SMILES string of the molecule is CCOC(=O)C(NC(=O)C1CC1(C)C)C(=O)OCC. The number of esters is 2. The number of nitrogens with one attached hydrogen (secondary N) is 1. The molecule has 108 valence electrons. The minimum atomic E-state index is -1.37. The Kier molecular flexibility index (Phi) is 4.91. The standard InChI is InChI=1S/C13H21NO5/c1-5-18-11(16)9(12(17)19-6-2)14-10(15)8-7-13(8,3)4/h8-9H,5-7H2,1-4H3,(H,14,15). The molecule has 1 amide bonds. The van der Waals surface area contributed by atoms with Crippen molar-refractivity contribution in [2.45, 2.75) is 40.2 Å². The van der Waals surface area contributed by atoms with Crippen molar-refractivity contribution in [3.8, 4) is 0 Å². The third kappa shape index (κ3) is 3.94. The normalized spacial score (nSPS) is 19.7. The van der Waals surface area contributed by atoms with Crippen molar-refractivity contribution in [1.29, 1.82) is 0 Å². The zero-order valence-corrected chi connectivity index (χ0v) is 11.8. The summed E-state index contributed by atoms with van der Waals surface area (Å²) in [5.74, 6) is -2.05. The van der Waals surface area contributed by atoms with Crippen molar-refractivity contribution in [3.63, 3.8) is 0 Å². The monoisotopic (exact) mass is 271 g/mol. The number of ether oxygens (including phenoxy) is 2. The summed E-state index contributed by atoms with van der Waals surface area (Å²) < 4.78 is 9.54. The van der Waals surface area contributed by atoms with Gasteiger partial charge in [-0.3, -0.25) is 4.79 Å². The van der Waals surface area contributed by atoms with Crippen LogP contribution in [0.4, 0.5) is 0 Å². The van der Waals surface area contributed by atoms with Crippen molar-refractivity contribution >= 4 is 17.8 Å². The van der Waals surface area contributed by atoms with Crippen LogP contribution in [0.1, 0.15) is 34.1 Å². The van der Waals surface area contributed by atoms with E-state index in [1.807, 2.05) is 13.8 Å². The lowest BCUT2D eigenvalue weighted by atomic mass is 10.1. The van der Waals surface area contributed by atoms with Crippen molar-refractivity contribution < 1.29 is 23.9 Å². The minimum Gasteiger partial charge on any atom is -0.464 e. The van der Waals surface area contributed by atoms with Crippen LogP contribution in [0.15, 0.2) is 0 Å². The largest absolute Gasteiger partial charge is 0.464 e. The van der Waals surface area contributed by atoms with Gasteiger partial charge in [0.05, 0.1) is 13.2 Å². The van der Waals surface area contributed by atoms with E-state index in [-0.39, 0.29) is 30.5 Å². The van der Waals surface area contributed by atoms with E-state index < -0.39 is 18.0 Å². The Labute approximate surface area is 112 Å². The number of hydrogen-bond donors (Lipinski definition) is 1. The Morgan fingerprint density at radius 2 is 1.58 bits per heavy atom. The van der Waals surface area contributed by atoms with Crippen LogP contribution in [-0.4, -0.2) is 37.1 Å². The van der Waals surface area contributed by atoms with Gasteiger partial charge >= 0.3 is 11.9 Å². The fourth-order valence-corrected chi connectivity index (χ4v) is 1.82. The summed E-state index contributed by atoms with van der Waals surface area (Å²) in [7, 11) is 0. The molecule has 6 nitrogen and oxygen atoms in total. The second-order valence-corrected chi connectivity index (χ2v) is 5.19. The van der Waals surface area contributed by atoms with Gasteiger partial charge in [-0.1, -0.05) is 13.8 Å². The first kappa shape index (κ1) is 15.5. The zero-order valence-electron chi connectivity index (χ0n) is 11.8. The Bertz CT molecular complexity index is 359.